The molecule has 1 saturated heterocycles. The van der Waals surface area contributed by atoms with Crippen LogP contribution in [-0.4, -0.2) is 27.5 Å². The molecule has 6 heteroatoms. The second kappa shape index (κ2) is 7.15. The van der Waals surface area contributed by atoms with E-state index >= 15 is 0 Å². The highest BCUT2D eigenvalue weighted by atomic mass is 16.2. The van der Waals surface area contributed by atoms with Gasteiger partial charge in [-0.05, 0) is 36.2 Å². The first-order chi connectivity index (χ1) is 14.6. The van der Waals surface area contributed by atoms with Gasteiger partial charge in [-0.1, -0.05) is 36.4 Å². The minimum absolute atomic E-state index is 0.236. The molecule has 30 heavy (non-hydrogen) atoms. The van der Waals surface area contributed by atoms with Crippen LogP contribution in [0, 0.1) is 0 Å². The van der Waals surface area contributed by atoms with Crippen molar-refractivity contribution in [1.82, 2.24) is 14.5 Å². The molecular weight excluding hydrogens is 376 g/mol. The van der Waals surface area contributed by atoms with Crippen molar-refractivity contribution in [3.8, 4) is 0 Å². The van der Waals surface area contributed by atoms with Crippen LogP contribution in [0.3, 0.4) is 0 Å². The summed E-state index contributed by atoms with van der Waals surface area (Å²) >= 11 is 0. The van der Waals surface area contributed by atoms with Crippen molar-refractivity contribution in [1.29, 1.82) is 0 Å². The van der Waals surface area contributed by atoms with E-state index in [4.69, 9.17) is 5.73 Å². The lowest BCUT2D eigenvalue weighted by Gasteiger charge is -2.15. The number of aryl methyl sites for hydroxylation is 2. The largest absolute Gasteiger partial charge is 0.350 e. The Hall–Kier alpha value is -3.38. The first-order valence-electron chi connectivity index (χ1n) is 10.3. The molecule has 3 N–H and O–H groups in total. The Kier molecular flexibility index (Phi) is 4.44. The van der Waals surface area contributed by atoms with Crippen molar-refractivity contribution < 1.29 is 9.59 Å². The standard InChI is InChI=1S/C24H24N4O2/c1-27-13-17(15-7-2-4-9-19(15)27)21-22(24(30)26-23(21)29)18-14-28(12-6-11-25)20-10-5-3-8-16(18)20/h2-5,7-10,13-14,21-22H,6,11-12,25H2,1H3,(H,26,29,30). The molecule has 4 aromatic rings. The summed E-state index contributed by atoms with van der Waals surface area (Å²) < 4.78 is 4.16. The van der Waals surface area contributed by atoms with Gasteiger partial charge < -0.3 is 14.9 Å². The van der Waals surface area contributed by atoms with Gasteiger partial charge in [0.15, 0.2) is 0 Å². The van der Waals surface area contributed by atoms with Crippen LogP contribution in [0.5, 0.6) is 0 Å². The number of fused-ring (bicyclic) bond motifs is 2. The van der Waals surface area contributed by atoms with Crippen LogP contribution in [0.4, 0.5) is 0 Å². The van der Waals surface area contributed by atoms with Gasteiger partial charge in [-0.25, -0.2) is 0 Å². The van der Waals surface area contributed by atoms with Gasteiger partial charge in [0.2, 0.25) is 11.8 Å². The lowest BCUT2D eigenvalue weighted by atomic mass is 9.83. The molecule has 2 aromatic carbocycles. The quantitative estimate of drug-likeness (QED) is 0.505. The zero-order valence-electron chi connectivity index (χ0n) is 16.8. The van der Waals surface area contributed by atoms with Gasteiger partial charge in [0.1, 0.15) is 0 Å². The second-order valence-corrected chi connectivity index (χ2v) is 7.96. The van der Waals surface area contributed by atoms with Gasteiger partial charge in [-0.15, -0.1) is 0 Å². The predicted octanol–water partition coefficient (Wildman–Crippen LogP) is 3.01. The number of nitrogens with two attached hydrogens (primary N) is 1. The second-order valence-electron chi connectivity index (χ2n) is 7.96. The van der Waals surface area contributed by atoms with E-state index < -0.39 is 11.8 Å². The van der Waals surface area contributed by atoms with E-state index in [1.165, 1.54) is 0 Å². The van der Waals surface area contributed by atoms with Crippen LogP contribution in [-0.2, 0) is 23.2 Å². The fourth-order valence-electron chi connectivity index (χ4n) is 4.81. The number of carbonyl (C=O) groups is 2. The number of aromatic nitrogens is 2. The maximum atomic E-state index is 13.0. The van der Waals surface area contributed by atoms with E-state index in [1.807, 2.05) is 66.5 Å². The molecule has 0 spiro atoms. The number of amides is 2. The average Bonchev–Trinajstić information content (AvgIpc) is 3.37. The minimum Gasteiger partial charge on any atom is -0.350 e. The Bertz CT molecular complexity index is 1280. The molecule has 152 valence electrons. The average molecular weight is 400 g/mol. The van der Waals surface area contributed by atoms with Crippen molar-refractivity contribution in [3.05, 3.63) is 72.1 Å². The first kappa shape index (κ1) is 18.6. The number of rotatable bonds is 5. The summed E-state index contributed by atoms with van der Waals surface area (Å²) in [4.78, 5) is 26.0. The molecule has 0 aliphatic carbocycles. The molecule has 0 bridgehead atoms. The van der Waals surface area contributed by atoms with E-state index in [-0.39, 0.29) is 11.8 Å². The maximum absolute atomic E-state index is 13.0. The topological polar surface area (TPSA) is 82.0 Å². The molecule has 3 heterocycles. The number of carbonyl (C=O) groups excluding carboxylic acids is 2. The summed E-state index contributed by atoms with van der Waals surface area (Å²) in [7, 11) is 1.97. The number of hydrogen-bond acceptors (Lipinski definition) is 3. The molecule has 1 fully saturated rings. The van der Waals surface area contributed by atoms with Gasteiger partial charge in [-0.3, -0.25) is 14.9 Å². The Balaban J connectivity index is 1.69. The molecule has 1 aliphatic rings. The van der Waals surface area contributed by atoms with E-state index in [0.29, 0.717) is 6.54 Å². The third kappa shape index (κ3) is 2.75. The van der Waals surface area contributed by atoms with Gasteiger partial charge in [0, 0.05) is 47.8 Å². The van der Waals surface area contributed by atoms with E-state index in [2.05, 4.69) is 16.0 Å². The molecule has 2 aromatic heterocycles. The monoisotopic (exact) mass is 400 g/mol. The number of hydrogen-bond donors (Lipinski definition) is 2. The van der Waals surface area contributed by atoms with Crippen LogP contribution < -0.4 is 11.1 Å². The highest BCUT2D eigenvalue weighted by Gasteiger charge is 2.45. The number of imide groups is 1. The summed E-state index contributed by atoms with van der Waals surface area (Å²) in [5.41, 5.74) is 9.61. The van der Waals surface area contributed by atoms with Crippen LogP contribution in [0.25, 0.3) is 21.8 Å². The third-order valence-electron chi connectivity index (χ3n) is 6.17. The van der Waals surface area contributed by atoms with E-state index in [0.717, 1.165) is 45.9 Å². The number of nitrogens with one attached hydrogen (secondary N) is 1. The maximum Gasteiger partial charge on any atom is 0.235 e. The fourth-order valence-corrected chi connectivity index (χ4v) is 4.81. The lowest BCUT2D eigenvalue weighted by molar-refractivity contribution is -0.125. The number of benzene rings is 2. The van der Waals surface area contributed by atoms with Crippen molar-refractivity contribution in [3.63, 3.8) is 0 Å². The Morgan fingerprint density at radius 3 is 2.10 bits per heavy atom. The molecule has 6 nitrogen and oxygen atoms in total. The fraction of sp³-hybridized carbons (Fsp3) is 0.250. The molecular formula is C24H24N4O2. The molecule has 2 unspecified atom stereocenters. The highest BCUT2D eigenvalue weighted by Crippen LogP contribution is 2.43. The van der Waals surface area contributed by atoms with Crippen LogP contribution in [0.15, 0.2) is 60.9 Å². The van der Waals surface area contributed by atoms with Gasteiger partial charge >= 0.3 is 0 Å². The Morgan fingerprint density at radius 2 is 1.43 bits per heavy atom. The summed E-state index contributed by atoms with van der Waals surface area (Å²) in [6.07, 6.45) is 4.86. The zero-order valence-corrected chi connectivity index (χ0v) is 16.8. The molecule has 0 radical (unpaired) electrons. The van der Waals surface area contributed by atoms with Crippen molar-refractivity contribution in [2.45, 2.75) is 24.8 Å². The van der Waals surface area contributed by atoms with Crippen LogP contribution >= 0.6 is 0 Å². The summed E-state index contributed by atoms with van der Waals surface area (Å²) in [5.74, 6) is -1.59. The lowest BCUT2D eigenvalue weighted by Crippen LogP contribution is -2.21. The Morgan fingerprint density at radius 1 is 0.867 bits per heavy atom. The first-order valence-corrected chi connectivity index (χ1v) is 10.3. The molecule has 5 rings (SSSR count). The Labute approximate surface area is 174 Å². The molecule has 2 atom stereocenters. The summed E-state index contributed by atoms with van der Waals surface area (Å²) in [6, 6.07) is 16.0. The third-order valence-corrected chi connectivity index (χ3v) is 6.17. The van der Waals surface area contributed by atoms with Crippen LogP contribution in [0.1, 0.15) is 29.4 Å². The SMILES string of the molecule is Cn1cc(C2C(=O)NC(=O)C2c2cn(CCCN)c3ccccc23)c2ccccc21. The smallest absolute Gasteiger partial charge is 0.235 e. The van der Waals surface area contributed by atoms with E-state index in [9.17, 15) is 9.59 Å². The van der Waals surface area contributed by atoms with Crippen LogP contribution in [0.2, 0.25) is 0 Å². The number of para-hydroxylation sites is 2. The number of nitrogens with zero attached hydrogens (tertiary/aromatic N) is 2. The summed E-state index contributed by atoms with van der Waals surface area (Å²) in [6.45, 7) is 1.38. The van der Waals surface area contributed by atoms with Crippen molar-refractivity contribution in [2.75, 3.05) is 6.54 Å². The molecule has 0 saturated carbocycles. The van der Waals surface area contributed by atoms with Crippen molar-refractivity contribution in [2.24, 2.45) is 12.8 Å². The van der Waals surface area contributed by atoms with Crippen molar-refractivity contribution >= 4 is 33.6 Å². The van der Waals surface area contributed by atoms with E-state index in [1.54, 1.807) is 0 Å². The molecule has 1 aliphatic heterocycles. The minimum atomic E-state index is -0.563. The summed E-state index contributed by atoms with van der Waals surface area (Å²) in [5, 5.41) is 4.60. The van der Waals surface area contributed by atoms with Gasteiger partial charge in [0.05, 0.1) is 11.8 Å². The predicted molar refractivity (Wildman–Crippen MR) is 117 cm³/mol. The van der Waals surface area contributed by atoms with Gasteiger partial charge in [-0.2, -0.15) is 0 Å². The zero-order chi connectivity index (χ0) is 20.8. The highest BCUT2D eigenvalue weighted by molar-refractivity contribution is 6.13. The molecule has 2 amide bonds. The van der Waals surface area contributed by atoms with Gasteiger partial charge in [0.25, 0.3) is 0 Å². The normalized spacial score (nSPS) is 19.1.